The molecule has 5 nitrogen and oxygen atoms in total. The van der Waals surface area contributed by atoms with Crippen molar-refractivity contribution in [3.8, 4) is 0 Å². The molecule has 10 heavy (non-hydrogen) atoms. The van der Waals surface area contributed by atoms with Gasteiger partial charge in [-0.3, -0.25) is 10.1 Å². The number of carbonyl (C=O) groups is 2. The molecule has 0 aromatic carbocycles. The minimum Gasteiger partial charge on any atom is -0.752 e. The number of halogens is 2. The summed E-state index contributed by atoms with van der Waals surface area (Å²) >= 11 is 10.2. The molecule has 1 rings (SSSR count). The Bertz CT molecular complexity index is 204. The minimum absolute atomic E-state index is 0.335. The molecular weight excluding hydrogens is 183 g/mol. The smallest absolute Gasteiger partial charge is 0.316 e. The third-order valence-corrected chi connectivity index (χ3v) is 1.58. The van der Waals surface area contributed by atoms with Crippen molar-refractivity contribution >= 4 is 35.1 Å². The van der Waals surface area contributed by atoms with Gasteiger partial charge in [0.25, 0.3) is 10.4 Å². The summed E-state index contributed by atoms with van der Waals surface area (Å²) in [7, 11) is 0. The van der Waals surface area contributed by atoms with Crippen LogP contribution in [-0.4, -0.2) is 21.5 Å². The van der Waals surface area contributed by atoms with Crippen LogP contribution in [0.5, 0.6) is 0 Å². The van der Waals surface area contributed by atoms with Gasteiger partial charge >= 0.3 is 6.03 Å². The van der Waals surface area contributed by atoms with Gasteiger partial charge in [0.2, 0.25) is 0 Å². The first-order valence-corrected chi connectivity index (χ1v) is 2.92. The number of amides is 3. The lowest BCUT2D eigenvalue weighted by atomic mass is 10.6. The van der Waals surface area contributed by atoms with Crippen LogP contribution < -0.4 is 5.32 Å². The van der Waals surface area contributed by atoms with Crippen LogP contribution in [-0.2, 0) is 4.79 Å². The Labute approximate surface area is 65.5 Å². The molecule has 0 aromatic heterocycles. The van der Waals surface area contributed by atoms with Crippen molar-refractivity contribution < 1.29 is 9.59 Å². The summed E-state index contributed by atoms with van der Waals surface area (Å²) < 4.78 is -2.29. The predicted octanol–water partition coefficient (Wildman–Crippen LogP) is 0.167. The van der Waals surface area contributed by atoms with E-state index in [2.05, 4.69) is 0 Å². The summed E-state index contributed by atoms with van der Waals surface area (Å²) in [6, 6.07) is -1.14. The molecule has 1 N–H and O–H groups in total. The summed E-state index contributed by atoms with van der Waals surface area (Å²) in [5, 5.41) is 11.8. The first kappa shape index (κ1) is 7.59. The maximum atomic E-state index is 10.5. The van der Waals surface area contributed by atoms with Gasteiger partial charge in [-0.15, -0.1) is 0 Å². The van der Waals surface area contributed by atoms with E-state index in [1.54, 1.807) is 5.32 Å². The van der Waals surface area contributed by atoms with E-state index < -0.39 is 16.4 Å². The molecule has 0 spiro atoms. The fraction of sp³-hybridized carbons (Fsp3) is 0.333. The van der Waals surface area contributed by atoms with Crippen LogP contribution in [0.3, 0.4) is 0 Å². The first-order chi connectivity index (χ1) is 4.46. The summed E-state index contributed by atoms with van der Waals surface area (Å²) in [4.78, 5) is 20.8. The third-order valence-electron chi connectivity index (χ3n) is 0.933. The Morgan fingerprint density at radius 2 is 2.00 bits per heavy atom. The van der Waals surface area contributed by atoms with Crippen molar-refractivity contribution in [1.82, 2.24) is 10.4 Å². The minimum atomic E-state index is -2.29. The second kappa shape index (κ2) is 1.98. The second-order valence-electron chi connectivity index (χ2n) is 1.59. The number of alkyl halides is 2. The molecule has 0 saturated carbocycles. The average molecular weight is 184 g/mol. The maximum absolute atomic E-state index is 10.5. The lowest BCUT2D eigenvalue weighted by molar-refractivity contribution is -0.120. The zero-order chi connectivity index (χ0) is 7.94. The fourth-order valence-corrected chi connectivity index (χ4v) is 0.691. The Morgan fingerprint density at radius 3 is 2.10 bits per heavy atom. The van der Waals surface area contributed by atoms with Crippen LogP contribution in [0, 0.1) is 5.21 Å². The van der Waals surface area contributed by atoms with E-state index in [4.69, 9.17) is 23.2 Å². The van der Waals surface area contributed by atoms with E-state index in [-0.39, 0.29) is 5.06 Å². The quantitative estimate of drug-likeness (QED) is 0.331. The van der Waals surface area contributed by atoms with Crippen molar-refractivity contribution in [3.63, 3.8) is 0 Å². The van der Waals surface area contributed by atoms with E-state index in [9.17, 15) is 14.8 Å². The normalized spacial score (nSPS) is 23.3. The summed E-state index contributed by atoms with van der Waals surface area (Å²) in [6.07, 6.45) is 0. The molecule has 1 saturated heterocycles. The molecule has 0 aromatic rings. The Kier molecular flexibility index (Phi) is 1.50. The standard InChI is InChI=1S/C3HCl2N2O3/c4-3(5)1(8)6-2(9)7(3)10/h(H,6,8,9)/q-1. The van der Waals surface area contributed by atoms with E-state index in [1.165, 1.54) is 0 Å². The topological polar surface area (TPSA) is 72.5 Å². The van der Waals surface area contributed by atoms with Crippen molar-refractivity contribution in [3.05, 3.63) is 5.21 Å². The number of urea groups is 1. The Balaban J connectivity index is 2.96. The van der Waals surface area contributed by atoms with Gasteiger partial charge in [-0.05, 0) is 0 Å². The molecule has 0 unspecified atom stereocenters. The number of nitrogens with zero attached hydrogens (tertiary/aromatic N) is 1. The highest BCUT2D eigenvalue weighted by atomic mass is 35.5. The van der Waals surface area contributed by atoms with Crippen LogP contribution in [0.4, 0.5) is 4.79 Å². The van der Waals surface area contributed by atoms with Crippen LogP contribution >= 0.6 is 23.2 Å². The Hall–Kier alpha value is -0.520. The Morgan fingerprint density at radius 1 is 1.50 bits per heavy atom. The molecule has 1 fully saturated rings. The number of nitrogens with one attached hydrogen (secondary N) is 1. The summed E-state index contributed by atoms with van der Waals surface area (Å²) in [6.45, 7) is 0. The zero-order valence-electron chi connectivity index (χ0n) is 4.43. The van der Waals surface area contributed by atoms with Gasteiger partial charge in [-0.2, -0.15) is 0 Å². The predicted molar refractivity (Wildman–Crippen MR) is 33.2 cm³/mol. The second-order valence-corrected chi connectivity index (χ2v) is 2.88. The number of hydroxylamine groups is 2. The van der Waals surface area contributed by atoms with Crippen molar-refractivity contribution in [2.75, 3.05) is 0 Å². The van der Waals surface area contributed by atoms with Gasteiger partial charge in [-0.25, -0.2) is 4.79 Å². The van der Waals surface area contributed by atoms with E-state index >= 15 is 0 Å². The van der Waals surface area contributed by atoms with Crippen LogP contribution in [0.15, 0.2) is 0 Å². The molecule has 1 heterocycles. The van der Waals surface area contributed by atoms with Crippen molar-refractivity contribution in [2.24, 2.45) is 0 Å². The SMILES string of the molecule is O=C1NC(=O)C(Cl)(Cl)N1[O-]. The molecule has 7 heteroatoms. The van der Waals surface area contributed by atoms with Gasteiger partial charge in [0.05, 0.1) is 0 Å². The number of rotatable bonds is 0. The van der Waals surface area contributed by atoms with Crippen molar-refractivity contribution in [2.45, 2.75) is 4.46 Å². The highest BCUT2D eigenvalue weighted by Crippen LogP contribution is 2.29. The van der Waals surface area contributed by atoms with Crippen LogP contribution in [0.2, 0.25) is 0 Å². The number of imide groups is 1. The first-order valence-electron chi connectivity index (χ1n) is 2.17. The monoisotopic (exact) mass is 183 g/mol. The summed E-state index contributed by atoms with van der Waals surface area (Å²) in [5.41, 5.74) is 0. The maximum Gasteiger partial charge on any atom is 0.316 e. The molecule has 0 aliphatic carbocycles. The van der Waals surface area contributed by atoms with Gasteiger partial charge in [0.15, 0.2) is 0 Å². The molecule has 0 atom stereocenters. The number of carbonyl (C=O) groups excluding carboxylic acids is 2. The zero-order valence-corrected chi connectivity index (χ0v) is 5.94. The van der Waals surface area contributed by atoms with Crippen LogP contribution in [0.25, 0.3) is 0 Å². The third kappa shape index (κ3) is 0.828. The average Bonchev–Trinajstić information content (AvgIpc) is 1.97. The lowest BCUT2D eigenvalue weighted by Crippen LogP contribution is -2.34. The van der Waals surface area contributed by atoms with Crippen molar-refractivity contribution in [1.29, 1.82) is 0 Å². The summed E-state index contributed by atoms with van der Waals surface area (Å²) in [5.74, 6) is -1.02. The highest BCUT2D eigenvalue weighted by molar-refractivity contribution is 6.60. The van der Waals surface area contributed by atoms with Gasteiger partial charge in [-0.1, -0.05) is 23.2 Å². The molecule has 1 aliphatic rings. The molecular formula is C3HCl2N2O3-. The molecule has 0 radical (unpaired) electrons. The van der Waals surface area contributed by atoms with E-state index in [0.29, 0.717) is 0 Å². The molecule has 1 aliphatic heterocycles. The van der Waals surface area contributed by atoms with E-state index in [0.717, 1.165) is 0 Å². The van der Waals surface area contributed by atoms with E-state index in [1.807, 2.05) is 0 Å². The number of hydrogen-bond acceptors (Lipinski definition) is 3. The highest BCUT2D eigenvalue weighted by Gasteiger charge is 2.45. The number of hydrogen-bond donors (Lipinski definition) is 1. The van der Waals surface area contributed by atoms with Gasteiger partial charge in [0.1, 0.15) is 0 Å². The lowest BCUT2D eigenvalue weighted by Gasteiger charge is -2.28. The molecule has 3 amide bonds. The molecule has 0 bridgehead atoms. The molecule has 56 valence electrons. The van der Waals surface area contributed by atoms with Gasteiger partial charge < -0.3 is 10.3 Å². The fourth-order valence-electron chi connectivity index (χ4n) is 0.443. The van der Waals surface area contributed by atoms with Crippen LogP contribution in [0.1, 0.15) is 0 Å². The van der Waals surface area contributed by atoms with Gasteiger partial charge in [0, 0.05) is 0 Å². The largest absolute Gasteiger partial charge is 0.752 e.